The molecule has 0 unspecified atom stereocenters. The van der Waals surface area contributed by atoms with Gasteiger partial charge in [-0.25, -0.2) is 0 Å². The highest BCUT2D eigenvalue weighted by molar-refractivity contribution is 6.34. The van der Waals surface area contributed by atoms with Crippen LogP contribution in [-0.4, -0.2) is 28.8 Å². The van der Waals surface area contributed by atoms with Gasteiger partial charge in [-0.15, -0.1) is 0 Å². The minimum atomic E-state index is -0.630. The average Bonchev–Trinajstić information content (AvgIpc) is 2.53. The fourth-order valence-electron chi connectivity index (χ4n) is 3.89. The number of aliphatic hydroxyl groups is 1. The normalized spacial score (nSPS) is 29.0. The summed E-state index contributed by atoms with van der Waals surface area (Å²) < 4.78 is 5.86. The van der Waals surface area contributed by atoms with Gasteiger partial charge in [0.05, 0.1) is 10.6 Å². The molecule has 3 rings (SSSR count). The molecule has 2 aliphatic carbocycles. The van der Waals surface area contributed by atoms with Gasteiger partial charge in [-0.3, -0.25) is 4.79 Å². The van der Waals surface area contributed by atoms with E-state index in [2.05, 4.69) is 5.32 Å². The summed E-state index contributed by atoms with van der Waals surface area (Å²) in [6, 6.07) is 5.37. The molecule has 1 amide bonds. The Morgan fingerprint density at radius 1 is 1.19 bits per heavy atom. The summed E-state index contributed by atoms with van der Waals surface area (Å²) in [4.78, 5) is 12.4. The molecule has 0 saturated heterocycles. The van der Waals surface area contributed by atoms with E-state index in [1.807, 2.05) is 13.8 Å². The molecule has 0 bridgehead atoms. The number of carbonyl (C=O) groups is 1. The first kappa shape index (κ1) is 19.8. The summed E-state index contributed by atoms with van der Waals surface area (Å²) in [7, 11) is 0. The van der Waals surface area contributed by atoms with E-state index in [-0.39, 0.29) is 24.0 Å². The first-order valence-electron chi connectivity index (χ1n) is 9.37. The second-order valence-corrected chi connectivity index (χ2v) is 9.04. The van der Waals surface area contributed by atoms with Crippen LogP contribution >= 0.6 is 23.2 Å². The van der Waals surface area contributed by atoms with Crippen molar-refractivity contribution in [2.75, 3.05) is 0 Å². The van der Waals surface area contributed by atoms with Gasteiger partial charge in [0.15, 0.2) is 0 Å². The molecule has 0 radical (unpaired) electrons. The predicted molar refractivity (Wildman–Crippen MR) is 104 cm³/mol. The molecule has 1 aromatic rings. The maximum absolute atomic E-state index is 12.4. The quantitative estimate of drug-likeness (QED) is 0.760. The number of halogens is 2. The summed E-state index contributed by atoms with van der Waals surface area (Å²) in [6.45, 7) is 3.74. The Morgan fingerprint density at radius 3 is 2.46 bits per heavy atom. The number of hydrogen-bond donors (Lipinski definition) is 2. The van der Waals surface area contributed by atoms with Crippen molar-refractivity contribution in [3.05, 3.63) is 28.2 Å². The van der Waals surface area contributed by atoms with Gasteiger partial charge >= 0.3 is 0 Å². The highest BCUT2D eigenvalue weighted by Crippen LogP contribution is 2.36. The summed E-state index contributed by atoms with van der Waals surface area (Å²) in [5.74, 6) is 1.02. The van der Waals surface area contributed by atoms with Gasteiger partial charge in [-0.2, -0.15) is 0 Å². The average molecular weight is 400 g/mol. The Balaban J connectivity index is 1.41. The Labute approximate surface area is 165 Å². The van der Waals surface area contributed by atoms with Crippen molar-refractivity contribution in [1.82, 2.24) is 5.32 Å². The maximum Gasteiger partial charge on any atom is 0.223 e. The number of hydrogen-bond acceptors (Lipinski definition) is 3. The Morgan fingerprint density at radius 2 is 1.85 bits per heavy atom. The SMILES string of the molecule is CC(C)(O)[C@H]1CC[C@H](NC(=O)[C@H]2C[C@H](Oc3cc(Cl)ccc3Cl)C2)CC1. The van der Waals surface area contributed by atoms with Gasteiger partial charge in [0, 0.05) is 23.0 Å². The molecule has 0 aliphatic heterocycles. The molecule has 0 atom stereocenters. The lowest BCUT2D eigenvalue weighted by molar-refractivity contribution is -0.131. The fourth-order valence-corrected chi connectivity index (χ4v) is 4.21. The van der Waals surface area contributed by atoms with Crippen LogP contribution in [0.4, 0.5) is 0 Å². The predicted octanol–water partition coefficient (Wildman–Crippen LogP) is 4.60. The lowest BCUT2D eigenvalue weighted by Crippen LogP contribution is -2.48. The van der Waals surface area contributed by atoms with Crippen molar-refractivity contribution >= 4 is 29.1 Å². The third kappa shape index (κ3) is 4.85. The molecule has 0 spiro atoms. The van der Waals surface area contributed by atoms with Gasteiger partial charge in [0.25, 0.3) is 0 Å². The van der Waals surface area contributed by atoms with Gasteiger partial charge in [-0.1, -0.05) is 23.2 Å². The lowest BCUT2D eigenvalue weighted by atomic mass is 9.76. The van der Waals surface area contributed by atoms with E-state index in [1.54, 1.807) is 18.2 Å². The first-order valence-corrected chi connectivity index (χ1v) is 10.1. The van der Waals surface area contributed by atoms with E-state index in [1.165, 1.54) is 0 Å². The van der Waals surface area contributed by atoms with E-state index in [9.17, 15) is 9.90 Å². The summed E-state index contributed by atoms with van der Waals surface area (Å²) >= 11 is 12.1. The minimum Gasteiger partial charge on any atom is -0.489 e. The third-order valence-electron chi connectivity index (χ3n) is 5.73. The van der Waals surface area contributed by atoms with E-state index >= 15 is 0 Å². The zero-order chi connectivity index (χ0) is 18.9. The summed E-state index contributed by atoms with van der Waals surface area (Å²) in [5, 5.41) is 14.4. The van der Waals surface area contributed by atoms with Crippen molar-refractivity contribution in [2.45, 2.75) is 70.1 Å². The van der Waals surface area contributed by atoms with Crippen LogP contribution < -0.4 is 10.1 Å². The fraction of sp³-hybridized carbons (Fsp3) is 0.650. The number of amides is 1. The second-order valence-electron chi connectivity index (χ2n) is 8.19. The Bertz CT molecular complexity index is 645. The summed E-state index contributed by atoms with van der Waals surface area (Å²) in [5.41, 5.74) is -0.630. The number of benzene rings is 1. The molecule has 6 heteroatoms. The van der Waals surface area contributed by atoms with Gasteiger partial charge in [0.2, 0.25) is 5.91 Å². The molecule has 26 heavy (non-hydrogen) atoms. The Hall–Kier alpha value is -0.970. The number of nitrogens with one attached hydrogen (secondary N) is 1. The molecule has 0 heterocycles. The van der Waals surface area contributed by atoms with Gasteiger partial charge in [-0.05, 0) is 70.4 Å². The lowest BCUT2D eigenvalue weighted by Gasteiger charge is -2.38. The molecule has 2 aliphatic rings. The van der Waals surface area contributed by atoms with Crippen molar-refractivity contribution < 1.29 is 14.6 Å². The van der Waals surface area contributed by atoms with Crippen molar-refractivity contribution in [2.24, 2.45) is 11.8 Å². The van der Waals surface area contributed by atoms with E-state index in [0.717, 1.165) is 25.7 Å². The maximum atomic E-state index is 12.4. The molecule has 1 aromatic carbocycles. The highest BCUT2D eigenvalue weighted by atomic mass is 35.5. The Kier molecular flexibility index (Phi) is 6.05. The zero-order valence-corrected chi connectivity index (χ0v) is 16.8. The summed E-state index contributed by atoms with van der Waals surface area (Å²) in [6.07, 6.45) is 5.20. The highest BCUT2D eigenvalue weighted by Gasteiger charge is 2.38. The molecule has 2 saturated carbocycles. The largest absolute Gasteiger partial charge is 0.489 e. The molecular formula is C20H27Cl2NO3. The number of rotatable bonds is 5. The van der Waals surface area contributed by atoms with Crippen molar-refractivity contribution in [3.63, 3.8) is 0 Å². The third-order valence-corrected chi connectivity index (χ3v) is 6.27. The number of carbonyl (C=O) groups excluding carboxylic acids is 1. The van der Waals surface area contributed by atoms with Crippen LogP contribution in [0.25, 0.3) is 0 Å². The van der Waals surface area contributed by atoms with Crippen LogP contribution in [0, 0.1) is 11.8 Å². The topological polar surface area (TPSA) is 58.6 Å². The monoisotopic (exact) mass is 399 g/mol. The van der Waals surface area contributed by atoms with E-state index < -0.39 is 5.60 Å². The van der Waals surface area contributed by atoms with Crippen LogP contribution in [-0.2, 0) is 4.79 Å². The molecule has 4 nitrogen and oxygen atoms in total. The molecule has 2 fully saturated rings. The molecule has 144 valence electrons. The van der Waals surface area contributed by atoms with Gasteiger partial charge < -0.3 is 15.2 Å². The van der Waals surface area contributed by atoms with E-state index in [4.69, 9.17) is 27.9 Å². The van der Waals surface area contributed by atoms with Gasteiger partial charge in [0.1, 0.15) is 11.9 Å². The van der Waals surface area contributed by atoms with Crippen molar-refractivity contribution in [1.29, 1.82) is 0 Å². The standard InChI is InChI=1S/C20H27Cl2NO3/c1-20(2,25)13-3-6-15(7-4-13)23-19(24)12-9-16(10-12)26-18-11-14(21)5-8-17(18)22/h5,8,11-13,15-16,25H,3-4,6-7,9-10H2,1-2H3,(H,23,24)/t12-,13-,15-,16-. The van der Waals surface area contributed by atoms with E-state index in [0.29, 0.717) is 34.6 Å². The van der Waals surface area contributed by atoms with Crippen LogP contribution in [0.15, 0.2) is 18.2 Å². The molecule has 2 N–H and O–H groups in total. The smallest absolute Gasteiger partial charge is 0.223 e. The van der Waals surface area contributed by atoms with Crippen molar-refractivity contribution in [3.8, 4) is 5.75 Å². The second kappa shape index (κ2) is 7.95. The first-order chi connectivity index (χ1) is 12.2. The minimum absolute atomic E-state index is 0.00460. The van der Waals surface area contributed by atoms with Crippen LogP contribution in [0.3, 0.4) is 0 Å². The number of ether oxygens (including phenoxy) is 1. The molecular weight excluding hydrogens is 373 g/mol. The molecule has 0 aromatic heterocycles. The van der Waals surface area contributed by atoms with Crippen LogP contribution in [0.1, 0.15) is 52.4 Å². The van der Waals surface area contributed by atoms with Crippen LogP contribution in [0.2, 0.25) is 10.0 Å². The van der Waals surface area contributed by atoms with Crippen LogP contribution in [0.5, 0.6) is 5.75 Å². The zero-order valence-electron chi connectivity index (χ0n) is 15.3.